The number of hydrogen-bond donors (Lipinski definition) is 3. The Labute approximate surface area is 257 Å². The Morgan fingerprint density at radius 2 is 1.46 bits per heavy atom. The molecule has 4 aromatic carbocycles. The Morgan fingerprint density at radius 1 is 0.854 bits per heavy atom. The van der Waals surface area contributed by atoms with E-state index in [-0.39, 0.29) is 64.6 Å². The fourth-order valence-corrected chi connectivity index (χ4v) is 6.19. The standard InChI is InChI=1S/C23H18N4O10S3.Na.H/c1-38(31,32)22-12-14(27(29)30)8-9-18(22)24-25-19-10-11-21(28)17-6-3-7-20(23(17)19)26-39(33,34)15-4-2-5-16(13-15)40(35,36)37;;/h2-13,26,28H,1H3,(H,35,36,37);;/q;+1;-1. The smallest absolute Gasteiger partial charge is 1.00 e. The van der Waals surface area contributed by atoms with Crippen LogP contribution in [0.25, 0.3) is 10.8 Å². The number of fused-ring (bicyclic) bond motifs is 1. The van der Waals surface area contributed by atoms with Crippen LogP contribution in [0.2, 0.25) is 0 Å². The Hall–Kier alpha value is -3.45. The predicted molar refractivity (Wildman–Crippen MR) is 144 cm³/mol. The van der Waals surface area contributed by atoms with E-state index < -0.39 is 55.3 Å². The van der Waals surface area contributed by atoms with Crippen molar-refractivity contribution in [2.24, 2.45) is 10.2 Å². The molecule has 210 valence electrons. The number of aromatic hydroxyl groups is 1. The molecule has 0 fully saturated rings. The molecule has 0 aliphatic carbocycles. The Bertz CT molecular complexity index is 2060. The van der Waals surface area contributed by atoms with Crippen LogP contribution >= 0.6 is 0 Å². The second-order valence-corrected chi connectivity index (χ2v) is 13.4. The van der Waals surface area contributed by atoms with E-state index in [2.05, 4.69) is 15.0 Å². The summed E-state index contributed by atoms with van der Waals surface area (Å²) in [5, 5.41) is 29.6. The van der Waals surface area contributed by atoms with Gasteiger partial charge in [0.2, 0.25) is 0 Å². The number of azo groups is 1. The summed E-state index contributed by atoms with van der Waals surface area (Å²) in [6.45, 7) is 0. The maximum Gasteiger partial charge on any atom is 1.00 e. The average Bonchev–Trinajstić information content (AvgIpc) is 2.87. The van der Waals surface area contributed by atoms with Crippen molar-refractivity contribution < 1.29 is 70.8 Å². The Morgan fingerprint density at radius 3 is 2.10 bits per heavy atom. The van der Waals surface area contributed by atoms with Gasteiger partial charge in [-0.2, -0.15) is 8.42 Å². The second kappa shape index (κ2) is 11.8. The van der Waals surface area contributed by atoms with Crippen molar-refractivity contribution in [2.45, 2.75) is 14.7 Å². The normalized spacial score (nSPS) is 12.2. The molecule has 18 heteroatoms. The topological polar surface area (TPSA) is 223 Å². The number of anilines is 1. The molecule has 3 N–H and O–H groups in total. The van der Waals surface area contributed by atoms with Crippen LogP contribution in [-0.4, -0.2) is 46.1 Å². The number of hydrogen-bond acceptors (Lipinski definition) is 11. The fraction of sp³-hybridized carbons (Fsp3) is 0.0435. The van der Waals surface area contributed by atoms with Crippen LogP contribution in [0.1, 0.15) is 1.43 Å². The van der Waals surface area contributed by atoms with Crippen molar-refractivity contribution in [3.8, 4) is 5.75 Å². The predicted octanol–water partition coefficient (Wildman–Crippen LogP) is 1.44. The van der Waals surface area contributed by atoms with Gasteiger partial charge in [-0.15, -0.1) is 10.2 Å². The summed E-state index contributed by atoms with van der Waals surface area (Å²) < 4.78 is 85.2. The van der Waals surface area contributed by atoms with E-state index in [1.165, 1.54) is 30.3 Å². The van der Waals surface area contributed by atoms with Crippen LogP contribution < -0.4 is 34.3 Å². The molecule has 0 heterocycles. The molecule has 14 nitrogen and oxygen atoms in total. The minimum atomic E-state index is -4.69. The van der Waals surface area contributed by atoms with Crippen LogP contribution in [-0.2, 0) is 30.0 Å². The molecule has 4 rings (SSSR count). The fourth-order valence-electron chi connectivity index (χ4n) is 3.65. The summed E-state index contributed by atoms with van der Waals surface area (Å²) in [6.07, 6.45) is 0.838. The minimum Gasteiger partial charge on any atom is -1.00 e. The third-order valence-corrected chi connectivity index (χ3v) is 8.81. The van der Waals surface area contributed by atoms with Crippen molar-refractivity contribution in [1.29, 1.82) is 0 Å². The summed E-state index contributed by atoms with van der Waals surface area (Å²) in [5.74, 6) is -0.254. The zero-order valence-electron chi connectivity index (χ0n) is 22.2. The van der Waals surface area contributed by atoms with E-state index in [0.717, 1.165) is 48.7 Å². The zero-order chi connectivity index (χ0) is 29.5. The molecule has 0 saturated carbocycles. The monoisotopic (exact) mass is 630 g/mol. The number of nitro groups is 1. The number of sulfone groups is 1. The maximum atomic E-state index is 13.1. The molecule has 4 aromatic rings. The van der Waals surface area contributed by atoms with E-state index in [9.17, 15) is 45.0 Å². The van der Waals surface area contributed by atoms with Crippen LogP contribution in [0, 0.1) is 10.1 Å². The van der Waals surface area contributed by atoms with Gasteiger partial charge in [-0.3, -0.25) is 19.4 Å². The molecule has 0 aliphatic heterocycles. The molecule has 0 radical (unpaired) electrons. The van der Waals surface area contributed by atoms with E-state index in [1.54, 1.807) is 0 Å². The van der Waals surface area contributed by atoms with Gasteiger partial charge >= 0.3 is 29.6 Å². The zero-order valence-corrected chi connectivity index (χ0v) is 25.6. The van der Waals surface area contributed by atoms with Gasteiger partial charge in [0.1, 0.15) is 16.3 Å². The summed E-state index contributed by atoms with van der Waals surface area (Å²) in [5.41, 5.74) is -0.833. The summed E-state index contributed by atoms with van der Waals surface area (Å²) in [6, 6.07) is 13.7. The van der Waals surface area contributed by atoms with E-state index in [0.29, 0.717) is 0 Å². The van der Waals surface area contributed by atoms with E-state index in [1.807, 2.05) is 0 Å². The molecular weight excluding hydrogens is 611 g/mol. The molecule has 0 bridgehead atoms. The Kier molecular flexibility index (Phi) is 9.23. The number of phenolic OH excluding ortho intramolecular Hbond substituents is 1. The molecule has 0 atom stereocenters. The van der Waals surface area contributed by atoms with Crippen LogP contribution in [0.15, 0.2) is 97.7 Å². The first-order valence-electron chi connectivity index (χ1n) is 10.8. The van der Waals surface area contributed by atoms with Crippen molar-refractivity contribution >= 4 is 63.5 Å². The van der Waals surface area contributed by atoms with Gasteiger partial charge in [-0.1, -0.05) is 18.2 Å². The van der Waals surface area contributed by atoms with Gasteiger partial charge in [0.25, 0.3) is 25.8 Å². The summed E-state index contributed by atoms with van der Waals surface area (Å²) in [7, 11) is -13.1. The molecule has 0 saturated heterocycles. The first-order valence-corrected chi connectivity index (χ1v) is 15.6. The maximum absolute atomic E-state index is 13.1. The van der Waals surface area contributed by atoms with Gasteiger partial charge in [0.05, 0.1) is 26.1 Å². The number of nitro benzene ring substituents is 1. The van der Waals surface area contributed by atoms with Crippen LogP contribution in [0.3, 0.4) is 0 Å². The molecular formula is C23H19N4NaO10S3. The Balaban J connectivity index is 0.00000308. The molecule has 0 aliphatic rings. The van der Waals surface area contributed by atoms with Gasteiger partial charge in [-0.25, -0.2) is 16.8 Å². The average molecular weight is 631 g/mol. The molecule has 0 unspecified atom stereocenters. The SMILES string of the molecule is CS(=O)(=O)c1cc([N+](=O)[O-])ccc1N=Nc1ccc(O)c2cccc(NS(=O)(=O)c3cccc(S(=O)(=O)O)c3)c12.[H-].[Na+]. The van der Waals surface area contributed by atoms with E-state index in [4.69, 9.17) is 0 Å². The van der Waals surface area contributed by atoms with Gasteiger partial charge in [0, 0.05) is 29.2 Å². The number of nitrogens with zero attached hydrogens (tertiary/aromatic N) is 3. The summed E-state index contributed by atoms with van der Waals surface area (Å²) in [4.78, 5) is 8.73. The number of sulfonamides is 1. The molecule has 0 aromatic heterocycles. The van der Waals surface area contributed by atoms with Gasteiger partial charge in [0.15, 0.2) is 9.84 Å². The minimum absolute atomic E-state index is 0. The number of non-ortho nitro benzene ring substituents is 1. The number of phenols is 1. The molecule has 0 spiro atoms. The number of nitrogens with one attached hydrogen (secondary N) is 1. The largest absolute Gasteiger partial charge is 1.00 e. The van der Waals surface area contributed by atoms with Gasteiger partial charge < -0.3 is 6.53 Å². The van der Waals surface area contributed by atoms with Crippen LogP contribution in [0.5, 0.6) is 5.75 Å². The third kappa shape index (κ3) is 7.07. The third-order valence-electron chi connectivity index (χ3n) is 5.47. The van der Waals surface area contributed by atoms with Gasteiger partial charge in [-0.05, 0) is 42.5 Å². The number of benzene rings is 4. The van der Waals surface area contributed by atoms with E-state index >= 15 is 0 Å². The van der Waals surface area contributed by atoms with Crippen molar-refractivity contribution in [3.63, 3.8) is 0 Å². The van der Waals surface area contributed by atoms with Crippen molar-refractivity contribution in [2.75, 3.05) is 11.0 Å². The van der Waals surface area contributed by atoms with Crippen LogP contribution in [0.4, 0.5) is 22.7 Å². The summed E-state index contributed by atoms with van der Waals surface area (Å²) >= 11 is 0. The van der Waals surface area contributed by atoms with Crippen molar-refractivity contribution in [1.82, 2.24) is 0 Å². The first-order chi connectivity index (χ1) is 18.6. The quantitative estimate of drug-likeness (QED) is 0.0835. The second-order valence-electron chi connectivity index (χ2n) is 8.27. The molecule has 0 amide bonds. The molecule has 41 heavy (non-hydrogen) atoms. The number of rotatable bonds is 8. The first kappa shape index (κ1) is 32.1. The van der Waals surface area contributed by atoms with Crippen molar-refractivity contribution in [3.05, 3.63) is 82.9 Å².